The molecule has 0 aliphatic carbocycles. The Morgan fingerprint density at radius 2 is 1.29 bits per heavy atom. The fourth-order valence-corrected chi connectivity index (χ4v) is 3.08. The number of azo groups is 1. The van der Waals surface area contributed by atoms with Gasteiger partial charge in [-0.15, -0.1) is 0 Å². The van der Waals surface area contributed by atoms with Gasteiger partial charge in [0, 0.05) is 12.1 Å². The van der Waals surface area contributed by atoms with Crippen LogP contribution in [0.2, 0.25) is 0 Å². The van der Waals surface area contributed by atoms with E-state index in [9.17, 15) is 10.1 Å². The third-order valence-corrected chi connectivity index (χ3v) is 4.74. The average molecular weight is 373 g/mol. The van der Waals surface area contributed by atoms with Gasteiger partial charge in [-0.3, -0.25) is 10.1 Å². The molecule has 142 valence electrons. The minimum absolute atomic E-state index is 0.0873. The van der Waals surface area contributed by atoms with Gasteiger partial charge < -0.3 is 0 Å². The van der Waals surface area contributed by atoms with Crippen molar-refractivity contribution in [3.63, 3.8) is 0 Å². The Kier molecular flexibility index (Phi) is 6.27. The van der Waals surface area contributed by atoms with E-state index in [1.54, 1.807) is 12.1 Å². The molecule has 5 nitrogen and oxygen atoms in total. The topological polar surface area (TPSA) is 67.9 Å². The summed E-state index contributed by atoms with van der Waals surface area (Å²) in [6.07, 6.45) is 2.36. The van der Waals surface area contributed by atoms with E-state index in [4.69, 9.17) is 0 Å². The second kappa shape index (κ2) is 9.04. The van der Waals surface area contributed by atoms with Crippen molar-refractivity contribution >= 4 is 17.1 Å². The van der Waals surface area contributed by atoms with E-state index in [0.717, 1.165) is 22.5 Å². The molecule has 0 saturated carbocycles. The van der Waals surface area contributed by atoms with E-state index in [1.165, 1.54) is 30.5 Å². The van der Waals surface area contributed by atoms with E-state index < -0.39 is 4.92 Å². The van der Waals surface area contributed by atoms with Crippen molar-refractivity contribution < 1.29 is 4.92 Å². The zero-order valence-electron chi connectivity index (χ0n) is 16.1. The van der Waals surface area contributed by atoms with Crippen LogP contribution in [0.25, 0.3) is 11.1 Å². The lowest BCUT2D eigenvalue weighted by Gasteiger charge is -2.09. The molecule has 1 unspecified atom stereocenters. The summed E-state index contributed by atoms with van der Waals surface area (Å²) in [5, 5.41) is 19.3. The van der Waals surface area contributed by atoms with Crippen LogP contribution in [-0.4, -0.2) is 4.92 Å². The van der Waals surface area contributed by atoms with Gasteiger partial charge in [0.1, 0.15) is 0 Å². The van der Waals surface area contributed by atoms with E-state index in [2.05, 4.69) is 36.2 Å². The summed E-state index contributed by atoms with van der Waals surface area (Å²) in [4.78, 5) is 10.3. The van der Waals surface area contributed by atoms with Crippen LogP contribution < -0.4 is 0 Å². The van der Waals surface area contributed by atoms with Crippen molar-refractivity contribution in [2.45, 2.75) is 32.6 Å². The number of nitro benzene ring substituents is 1. The fourth-order valence-electron chi connectivity index (χ4n) is 3.08. The summed E-state index contributed by atoms with van der Waals surface area (Å²) in [5.74, 6) is 0.558. The van der Waals surface area contributed by atoms with E-state index in [-0.39, 0.29) is 5.69 Å². The van der Waals surface area contributed by atoms with Gasteiger partial charge in [0.25, 0.3) is 5.69 Å². The molecule has 0 N–H and O–H groups in total. The number of nitro groups is 1. The Labute approximate surface area is 164 Å². The van der Waals surface area contributed by atoms with Gasteiger partial charge in [-0.2, -0.15) is 10.2 Å². The second-order valence-corrected chi connectivity index (χ2v) is 6.83. The van der Waals surface area contributed by atoms with Gasteiger partial charge in [-0.1, -0.05) is 44.5 Å². The summed E-state index contributed by atoms with van der Waals surface area (Å²) in [6.45, 7) is 4.44. The largest absolute Gasteiger partial charge is 0.269 e. The third kappa shape index (κ3) is 4.88. The number of non-ortho nitro benzene ring substituents is 1. The maximum absolute atomic E-state index is 10.7. The van der Waals surface area contributed by atoms with Gasteiger partial charge in [0.15, 0.2) is 0 Å². The molecule has 3 rings (SSSR count). The van der Waals surface area contributed by atoms with Crippen LogP contribution in [-0.2, 0) is 0 Å². The first kappa shape index (κ1) is 19.4. The zero-order chi connectivity index (χ0) is 19.9. The molecule has 0 heterocycles. The molecule has 3 aromatic carbocycles. The number of hydrogen-bond acceptors (Lipinski definition) is 4. The number of rotatable bonds is 7. The van der Waals surface area contributed by atoms with Gasteiger partial charge in [0.05, 0.1) is 16.3 Å². The summed E-state index contributed by atoms with van der Waals surface area (Å²) in [6, 6.07) is 22.4. The minimum Gasteiger partial charge on any atom is -0.258 e. The van der Waals surface area contributed by atoms with Crippen molar-refractivity contribution in [1.82, 2.24) is 0 Å². The Bertz CT molecular complexity index is 947. The van der Waals surface area contributed by atoms with Crippen molar-refractivity contribution in [2.75, 3.05) is 0 Å². The molecular weight excluding hydrogens is 350 g/mol. The lowest BCUT2D eigenvalue weighted by atomic mass is 9.96. The highest BCUT2D eigenvalue weighted by molar-refractivity contribution is 5.66. The first-order chi connectivity index (χ1) is 13.6. The molecule has 0 fully saturated rings. The summed E-state index contributed by atoms with van der Waals surface area (Å²) >= 11 is 0. The smallest absolute Gasteiger partial charge is 0.258 e. The maximum atomic E-state index is 10.7. The minimum atomic E-state index is -0.399. The van der Waals surface area contributed by atoms with Gasteiger partial charge in [-0.25, -0.2) is 0 Å². The number of nitrogens with zero attached hydrogens (tertiary/aromatic N) is 3. The third-order valence-electron chi connectivity index (χ3n) is 4.74. The van der Waals surface area contributed by atoms with Crippen LogP contribution in [0.15, 0.2) is 83.0 Å². The quantitative estimate of drug-likeness (QED) is 0.243. The highest BCUT2D eigenvalue weighted by Crippen LogP contribution is 2.27. The van der Waals surface area contributed by atoms with Crippen LogP contribution in [0.5, 0.6) is 0 Å². The Morgan fingerprint density at radius 3 is 1.75 bits per heavy atom. The van der Waals surface area contributed by atoms with Crippen molar-refractivity contribution in [1.29, 1.82) is 0 Å². The standard InChI is InChI=1S/C23H23N3O2/c1-3-4-17(2)18-5-11-21(12-6-18)24-25-22-13-7-19(8-14-22)20-9-15-23(16-10-20)26(27)28/h5-17H,3-4H2,1-2H3. The molecule has 0 spiro atoms. The molecule has 0 bridgehead atoms. The molecule has 0 aromatic heterocycles. The molecular formula is C23H23N3O2. The highest BCUT2D eigenvalue weighted by Gasteiger charge is 2.06. The predicted molar refractivity (Wildman–Crippen MR) is 112 cm³/mol. The highest BCUT2D eigenvalue weighted by atomic mass is 16.6. The van der Waals surface area contributed by atoms with Crippen LogP contribution in [0.1, 0.15) is 38.2 Å². The van der Waals surface area contributed by atoms with Gasteiger partial charge in [-0.05, 0) is 65.4 Å². The monoisotopic (exact) mass is 373 g/mol. The van der Waals surface area contributed by atoms with Gasteiger partial charge in [0.2, 0.25) is 0 Å². The summed E-state index contributed by atoms with van der Waals surface area (Å²) in [7, 11) is 0. The van der Waals surface area contributed by atoms with Crippen LogP contribution in [0.4, 0.5) is 17.1 Å². The molecule has 0 aliphatic heterocycles. The molecule has 5 heteroatoms. The SMILES string of the molecule is CCCC(C)c1ccc(N=Nc2ccc(-c3ccc([N+](=O)[O-])cc3)cc2)cc1. The van der Waals surface area contributed by atoms with E-state index in [0.29, 0.717) is 5.92 Å². The van der Waals surface area contributed by atoms with Crippen LogP contribution in [0, 0.1) is 10.1 Å². The van der Waals surface area contributed by atoms with Crippen molar-refractivity contribution in [3.8, 4) is 11.1 Å². The van der Waals surface area contributed by atoms with Crippen LogP contribution in [0.3, 0.4) is 0 Å². The van der Waals surface area contributed by atoms with Gasteiger partial charge >= 0.3 is 0 Å². The molecule has 0 saturated heterocycles. The molecule has 0 aliphatic rings. The first-order valence-corrected chi connectivity index (χ1v) is 9.43. The Balaban J connectivity index is 1.67. The molecule has 28 heavy (non-hydrogen) atoms. The summed E-state index contributed by atoms with van der Waals surface area (Å²) in [5.41, 5.74) is 4.90. The second-order valence-electron chi connectivity index (χ2n) is 6.83. The van der Waals surface area contributed by atoms with Crippen molar-refractivity contribution in [3.05, 3.63) is 88.5 Å². The molecule has 3 aromatic rings. The Hall–Kier alpha value is -3.34. The summed E-state index contributed by atoms with van der Waals surface area (Å²) < 4.78 is 0. The molecule has 0 amide bonds. The van der Waals surface area contributed by atoms with E-state index in [1.807, 2.05) is 36.4 Å². The molecule has 1 atom stereocenters. The Morgan fingerprint density at radius 1 is 0.821 bits per heavy atom. The average Bonchev–Trinajstić information content (AvgIpc) is 2.73. The van der Waals surface area contributed by atoms with Crippen molar-refractivity contribution in [2.24, 2.45) is 10.2 Å². The lowest BCUT2D eigenvalue weighted by Crippen LogP contribution is -1.91. The normalized spacial score (nSPS) is 12.2. The number of benzene rings is 3. The predicted octanol–water partition coefficient (Wildman–Crippen LogP) is 7.58. The number of hydrogen-bond donors (Lipinski definition) is 0. The van der Waals surface area contributed by atoms with E-state index >= 15 is 0 Å². The molecule has 0 radical (unpaired) electrons. The lowest BCUT2D eigenvalue weighted by molar-refractivity contribution is -0.384. The first-order valence-electron chi connectivity index (χ1n) is 9.43. The maximum Gasteiger partial charge on any atom is 0.269 e. The fraction of sp³-hybridized carbons (Fsp3) is 0.217. The van der Waals surface area contributed by atoms with Crippen LogP contribution >= 0.6 is 0 Å². The zero-order valence-corrected chi connectivity index (χ0v) is 16.1.